The molecule has 1 amide bonds. The minimum absolute atomic E-state index is 0.0544. The van der Waals surface area contributed by atoms with Gasteiger partial charge >= 0.3 is 12.1 Å². The number of hydrogen-bond acceptors (Lipinski definition) is 4. The number of rotatable bonds is 7. The summed E-state index contributed by atoms with van der Waals surface area (Å²) >= 11 is 0. The molecular weight excluding hydrogens is 511 g/mol. The standard InChI is InChI=1S/C27H29F5N2O4/c1-17(18-5-7-19(8-6-18)23(35)36)33-24(37)25(10-12-26(28,29)13-11-25)34-14-9-22(16-34)38-21-4-2-3-20(15-21)27(30,31)32/h2-8,15,17,22H,9-14,16H2,1H3,(H,33,37)(H,35,36)/t17-,22+/m0/s1. The minimum Gasteiger partial charge on any atom is -0.489 e. The van der Waals surface area contributed by atoms with Crippen LogP contribution in [-0.4, -0.2) is 52.5 Å². The molecule has 38 heavy (non-hydrogen) atoms. The average Bonchev–Trinajstić information content (AvgIpc) is 3.32. The number of nitrogens with one attached hydrogen (secondary N) is 1. The number of carbonyl (C=O) groups excluding carboxylic acids is 1. The Morgan fingerprint density at radius 1 is 1.08 bits per heavy atom. The molecule has 1 heterocycles. The molecule has 0 unspecified atom stereocenters. The van der Waals surface area contributed by atoms with Gasteiger partial charge in [-0.1, -0.05) is 18.2 Å². The van der Waals surface area contributed by atoms with E-state index >= 15 is 0 Å². The lowest BCUT2D eigenvalue weighted by Gasteiger charge is -2.45. The number of benzene rings is 2. The molecule has 6 nitrogen and oxygen atoms in total. The molecule has 2 fully saturated rings. The third-order valence-electron chi connectivity index (χ3n) is 7.45. The Hall–Kier alpha value is -3.21. The van der Waals surface area contributed by atoms with Gasteiger partial charge in [-0.25, -0.2) is 13.6 Å². The van der Waals surface area contributed by atoms with Crippen molar-refractivity contribution in [1.29, 1.82) is 0 Å². The number of carboxylic acid groups (broad SMARTS) is 1. The van der Waals surface area contributed by atoms with Gasteiger partial charge in [0.25, 0.3) is 0 Å². The van der Waals surface area contributed by atoms with Crippen molar-refractivity contribution >= 4 is 11.9 Å². The molecule has 1 saturated heterocycles. The topological polar surface area (TPSA) is 78.9 Å². The van der Waals surface area contributed by atoms with Crippen LogP contribution in [0.5, 0.6) is 5.75 Å². The summed E-state index contributed by atoms with van der Waals surface area (Å²) in [6.07, 6.45) is -5.67. The zero-order chi connectivity index (χ0) is 27.7. The molecule has 0 radical (unpaired) electrons. The van der Waals surface area contributed by atoms with E-state index < -0.39 is 60.1 Å². The summed E-state index contributed by atoms with van der Waals surface area (Å²) in [4.78, 5) is 26.6. The SMILES string of the molecule is C[C@H](NC(=O)C1(N2CC[C@@H](Oc3cccc(C(F)(F)F)c3)C2)CCC(F)(F)CC1)c1ccc(C(=O)O)cc1. The van der Waals surface area contributed by atoms with Gasteiger partial charge in [0.05, 0.1) is 17.2 Å². The van der Waals surface area contributed by atoms with Crippen molar-refractivity contribution in [1.82, 2.24) is 10.2 Å². The van der Waals surface area contributed by atoms with E-state index in [1.807, 2.05) is 4.90 Å². The zero-order valence-corrected chi connectivity index (χ0v) is 20.7. The molecule has 206 valence electrons. The van der Waals surface area contributed by atoms with E-state index in [1.54, 1.807) is 19.1 Å². The minimum atomic E-state index is -4.51. The Labute approximate surface area is 216 Å². The van der Waals surface area contributed by atoms with Crippen molar-refractivity contribution in [3.05, 3.63) is 65.2 Å². The first-order valence-corrected chi connectivity index (χ1v) is 12.4. The lowest BCUT2D eigenvalue weighted by Crippen LogP contribution is -2.61. The molecule has 0 spiro atoms. The van der Waals surface area contributed by atoms with E-state index in [-0.39, 0.29) is 30.7 Å². The molecule has 1 aliphatic carbocycles. The summed E-state index contributed by atoms with van der Waals surface area (Å²) in [5.41, 5.74) is -1.29. The van der Waals surface area contributed by atoms with Crippen LogP contribution in [-0.2, 0) is 11.0 Å². The highest BCUT2D eigenvalue weighted by atomic mass is 19.4. The van der Waals surface area contributed by atoms with Crippen LogP contribution in [0.4, 0.5) is 22.0 Å². The lowest BCUT2D eigenvalue weighted by molar-refractivity contribution is -0.143. The van der Waals surface area contributed by atoms with Crippen LogP contribution in [0.1, 0.15) is 66.6 Å². The Morgan fingerprint density at radius 2 is 1.74 bits per heavy atom. The number of amides is 1. The molecule has 0 bridgehead atoms. The van der Waals surface area contributed by atoms with E-state index in [2.05, 4.69) is 5.32 Å². The molecule has 2 N–H and O–H groups in total. The van der Waals surface area contributed by atoms with Crippen molar-refractivity contribution in [3.63, 3.8) is 0 Å². The fourth-order valence-electron chi connectivity index (χ4n) is 5.20. The van der Waals surface area contributed by atoms with Crippen molar-refractivity contribution in [3.8, 4) is 5.75 Å². The van der Waals surface area contributed by atoms with Gasteiger partial charge in [0.15, 0.2) is 0 Å². The van der Waals surface area contributed by atoms with Crippen molar-refractivity contribution in [2.45, 2.75) is 68.8 Å². The quantitative estimate of drug-likeness (QED) is 0.442. The number of nitrogens with zero attached hydrogens (tertiary/aromatic N) is 1. The first-order chi connectivity index (χ1) is 17.8. The van der Waals surface area contributed by atoms with Crippen LogP contribution in [0, 0.1) is 0 Å². The van der Waals surface area contributed by atoms with Crippen molar-refractivity contribution in [2.24, 2.45) is 0 Å². The second-order valence-electron chi connectivity index (χ2n) is 10.0. The molecule has 1 aliphatic heterocycles. The Morgan fingerprint density at radius 3 is 2.34 bits per heavy atom. The van der Waals surface area contributed by atoms with Crippen LogP contribution in [0.2, 0.25) is 0 Å². The first-order valence-electron chi connectivity index (χ1n) is 12.4. The van der Waals surface area contributed by atoms with E-state index in [0.29, 0.717) is 18.5 Å². The number of hydrogen-bond donors (Lipinski definition) is 2. The fraction of sp³-hybridized carbons (Fsp3) is 0.481. The molecule has 2 atom stereocenters. The summed E-state index contributed by atoms with van der Waals surface area (Å²) in [5.74, 6) is -4.32. The molecule has 2 aromatic carbocycles. The van der Waals surface area contributed by atoms with Gasteiger partial charge in [-0.05, 0) is 62.1 Å². The normalized spacial score (nSPS) is 22.0. The van der Waals surface area contributed by atoms with E-state index in [1.165, 1.54) is 24.3 Å². The zero-order valence-electron chi connectivity index (χ0n) is 20.7. The van der Waals surface area contributed by atoms with Crippen LogP contribution >= 0.6 is 0 Å². The number of likely N-dealkylation sites (tertiary alicyclic amines) is 1. The molecule has 1 saturated carbocycles. The third-order valence-corrected chi connectivity index (χ3v) is 7.45. The third kappa shape index (κ3) is 6.09. The van der Waals surface area contributed by atoms with Crippen molar-refractivity contribution in [2.75, 3.05) is 13.1 Å². The summed E-state index contributed by atoms with van der Waals surface area (Å²) in [5, 5.41) is 12.0. The molecule has 2 aliphatic rings. The summed E-state index contributed by atoms with van der Waals surface area (Å²) in [6, 6.07) is 10.1. The van der Waals surface area contributed by atoms with Gasteiger partial charge in [-0.3, -0.25) is 9.69 Å². The maximum absolute atomic E-state index is 14.1. The predicted molar refractivity (Wildman–Crippen MR) is 128 cm³/mol. The second-order valence-corrected chi connectivity index (χ2v) is 10.0. The van der Waals surface area contributed by atoms with Gasteiger partial charge in [0.1, 0.15) is 17.4 Å². The number of alkyl halides is 5. The molecule has 4 rings (SSSR count). The Balaban J connectivity index is 1.49. The van der Waals surface area contributed by atoms with Gasteiger partial charge in [0.2, 0.25) is 11.8 Å². The van der Waals surface area contributed by atoms with Gasteiger partial charge in [-0.2, -0.15) is 13.2 Å². The van der Waals surface area contributed by atoms with Gasteiger partial charge in [0, 0.05) is 25.9 Å². The van der Waals surface area contributed by atoms with Crippen molar-refractivity contribution < 1.29 is 41.4 Å². The van der Waals surface area contributed by atoms with Crippen LogP contribution < -0.4 is 10.1 Å². The van der Waals surface area contributed by atoms with E-state index in [9.17, 15) is 31.5 Å². The molecule has 11 heteroatoms. The second kappa shape index (κ2) is 10.5. The Bertz CT molecular complexity index is 1160. The smallest absolute Gasteiger partial charge is 0.416 e. The molecular formula is C27H29F5N2O4. The van der Waals surface area contributed by atoms with Gasteiger partial charge < -0.3 is 15.2 Å². The number of aromatic carboxylic acids is 1. The molecule has 0 aromatic heterocycles. The van der Waals surface area contributed by atoms with Crippen LogP contribution in [0.3, 0.4) is 0 Å². The number of ether oxygens (including phenoxy) is 1. The van der Waals surface area contributed by atoms with Gasteiger partial charge in [-0.15, -0.1) is 0 Å². The number of halogens is 5. The first kappa shape index (κ1) is 27.8. The largest absolute Gasteiger partial charge is 0.489 e. The Kier molecular flexibility index (Phi) is 7.69. The highest BCUT2D eigenvalue weighted by Gasteiger charge is 2.53. The summed E-state index contributed by atoms with van der Waals surface area (Å²) in [6.45, 7) is 2.30. The summed E-state index contributed by atoms with van der Waals surface area (Å²) in [7, 11) is 0. The van der Waals surface area contributed by atoms with E-state index in [4.69, 9.17) is 9.84 Å². The summed E-state index contributed by atoms with van der Waals surface area (Å²) < 4.78 is 73.3. The van der Waals surface area contributed by atoms with Crippen LogP contribution in [0.25, 0.3) is 0 Å². The van der Waals surface area contributed by atoms with Crippen LogP contribution in [0.15, 0.2) is 48.5 Å². The van der Waals surface area contributed by atoms with E-state index in [0.717, 1.165) is 12.1 Å². The predicted octanol–water partition coefficient (Wildman–Crippen LogP) is 5.68. The maximum atomic E-state index is 14.1. The lowest BCUT2D eigenvalue weighted by atomic mass is 9.77. The monoisotopic (exact) mass is 540 g/mol. The number of carboxylic acids is 1. The number of carbonyl (C=O) groups is 2. The highest BCUT2D eigenvalue weighted by molar-refractivity contribution is 5.88. The fourth-order valence-corrected chi connectivity index (χ4v) is 5.20. The highest BCUT2D eigenvalue weighted by Crippen LogP contribution is 2.43. The maximum Gasteiger partial charge on any atom is 0.416 e. The molecule has 2 aromatic rings. The average molecular weight is 541 g/mol.